The van der Waals surface area contributed by atoms with Gasteiger partial charge in [0.1, 0.15) is 10.7 Å². The van der Waals surface area contributed by atoms with Crippen LogP contribution in [0.2, 0.25) is 0 Å². The highest BCUT2D eigenvalue weighted by Crippen LogP contribution is 2.15. The van der Waals surface area contributed by atoms with Crippen LogP contribution in [0.3, 0.4) is 0 Å². The van der Waals surface area contributed by atoms with Crippen LogP contribution in [0.1, 0.15) is 11.3 Å². The molecule has 8 heteroatoms. The number of nitrogens with zero attached hydrogens (tertiary/aromatic N) is 3. The Labute approximate surface area is 117 Å². The van der Waals surface area contributed by atoms with Crippen molar-refractivity contribution in [1.29, 1.82) is 0 Å². The van der Waals surface area contributed by atoms with Crippen molar-refractivity contribution in [2.75, 3.05) is 11.3 Å². The molecule has 3 N–H and O–H groups in total. The highest BCUT2D eigenvalue weighted by Gasteiger charge is 2.17. The molecule has 0 fully saturated rings. The van der Waals surface area contributed by atoms with Crippen LogP contribution in [0.5, 0.6) is 0 Å². The lowest BCUT2D eigenvalue weighted by molar-refractivity contribution is 0.599. The van der Waals surface area contributed by atoms with Crippen LogP contribution in [0.25, 0.3) is 0 Å². The van der Waals surface area contributed by atoms with Gasteiger partial charge in [-0.3, -0.25) is 9.40 Å². The Bertz CT molecular complexity index is 688. The van der Waals surface area contributed by atoms with Crippen molar-refractivity contribution in [3.8, 4) is 0 Å². The van der Waals surface area contributed by atoms with E-state index in [0.29, 0.717) is 18.9 Å². The first kappa shape index (κ1) is 14.5. The van der Waals surface area contributed by atoms with Crippen molar-refractivity contribution in [2.45, 2.75) is 25.3 Å². The van der Waals surface area contributed by atoms with Crippen LogP contribution < -0.4 is 10.5 Å². The summed E-state index contributed by atoms with van der Waals surface area (Å²) in [5.74, 6) is 0.300. The average Bonchev–Trinajstić information content (AvgIpc) is 2.76. The zero-order valence-electron chi connectivity index (χ0n) is 11.4. The molecule has 0 aliphatic rings. The number of hydrogen-bond donors (Lipinski definition) is 2. The fourth-order valence-corrected chi connectivity index (χ4v) is 2.77. The molecule has 0 spiro atoms. The number of aromatic nitrogens is 3. The molecule has 0 radical (unpaired) electrons. The predicted octanol–water partition coefficient (Wildman–Crippen LogP) is 0.654. The predicted molar refractivity (Wildman–Crippen MR) is 75.8 cm³/mol. The molecule has 2 aromatic rings. The molecule has 0 bridgehead atoms. The third-order valence-corrected chi connectivity index (χ3v) is 3.92. The van der Waals surface area contributed by atoms with Crippen molar-refractivity contribution in [2.24, 2.45) is 5.73 Å². The molecular formula is C12H17N5O2S. The van der Waals surface area contributed by atoms with E-state index in [1.54, 1.807) is 6.07 Å². The van der Waals surface area contributed by atoms with Gasteiger partial charge in [0.05, 0.1) is 12.7 Å². The Morgan fingerprint density at radius 2 is 2.10 bits per heavy atom. The summed E-state index contributed by atoms with van der Waals surface area (Å²) in [6, 6.07) is 3.55. The summed E-state index contributed by atoms with van der Waals surface area (Å²) in [6.45, 7) is 4.56. The van der Waals surface area contributed by atoms with Gasteiger partial charge in [0, 0.05) is 18.4 Å². The fourth-order valence-electron chi connectivity index (χ4n) is 1.83. The molecule has 0 saturated heterocycles. The summed E-state index contributed by atoms with van der Waals surface area (Å²) in [5.41, 5.74) is 7.09. The number of rotatable bonds is 5. The summed E-state index contributed by atoms with van der Waals surface area (Å²) in [7, 11) is -3.68. The molecule has 0 saturated carbocycles. The first-order chi connectivity index (χ1) is 9.40. The molecule has 20 heavy (non-hydrogen) atoms. The second-order valence-electron chi connectivity index (χ2n) is 4.50. The number of nitrogens with two attached hydrogens (primary N) is 1. The molecule has 0 aromatic carbocycles. The minimum atomic E-state index is -3.68. The van der Waals surface area contributed by atoms with Crippen molar-refractivity contribution in [3.05, 3.63) is 35.8 Å². The van der Waals surface area contributed by atoms with E-state index in [1.807, 2.05) is 19.9 Å². The van der Waals surface area contributed by atoms with Crippen LogP contribution in [0, 0.1) is 13.8 Å². The molecular weight excluding hydrogens is 278 g/mol. The van der Waals surface area contributed by atoms with Gasteiger partial charge in [0.2, 0.25) is 0 Å². The van der Waals surface area contributed by atoms with Gasteiger partial charge in [-0.1, -0.05) is 0 Å². The maximum atomic E-state index is 12.2. The van der Waals surface area contributed by atoms with Crippen molar-refractivity contribution < 1.29 is 8.42 Å². The van der Waals surface area contributed by atoms with E-state index in [1.165, 1.54) is 17.1 Å². The maximum absolute atomic E-state index is 12.2. The number of nitrogens with one attached hydrogen (secondary N) is 1. The number of aryl methyl sites for hydroxylation is 2. The fraction of sp³-hybridized carbons (Fsp3) is 0.333. The topological polar surface area (TPSA) is 103 Å². The summed E-state index contributed by atoms with van der Waals surface area (Å²) in [4.78, 5) is 4.24. The second kappa shape index (κ2) is 5.59. The monoisotopic (exact) mass is 295 g/mol. The summed E-state index contributed by atoms with van der Waals surface area (Å²) < 4.78 is 28.3. The summed E-state index contributed by atoms with van der Waals surface area (Å²) in [6.07, 6.45) is 2.73. The lowest BCUT2D eigenvalue weighted by Gasteiger charge is -2.07. The van der Waals surface area contributed by atoms with Crippen LogP contribution >= 0.6 is 0 Å². The molecule has 7 nitrogen and oxygen atoms in total. The maximum Gasteiger partial charge on any atom is 0.266 e. The molecule has 2 heterocycles. The standard InChI is InChI=1S/C12H17N5O2S/c1-9-5-10(2)15-12(6-9)16-20(18,19)11-7-14-17(8-11)4-3-13/h5-8H,3-4,13H2,1-2H3,(H,15,16). The molecule has 2 rings (SSSR count). The third-order valence-electron chi connectivity index (χ3n) is 2.61. The lowest BCUT2D eigenvalue weighted by atomic mass is 10.2. The molecule has 0 amide bonds. The van der Waals surface area contributed by atoms with E-state index in [0.717, 1.165) is 11.3 Å². The van der Waals surface area contributed by atoms with Crippen LogP contribution in [0.15, 0.2) is 29.4 Å². The van der Waals surface area contributed by atoms with Gasteiger partial charge in [-0.15, -0.1) is 0 Å². The van der Waals surface area contributed by atoms with Gasteiger partial charge < -0.3 is 5.73 Å². The Morgan fingerprint density at radius 1 is 1.35 bits per heavy atom. The number of anilines is 1. The average molecular weight is 295 g/mol. The minimum absolute atomic E-state index is 0.0897. The minimum Gasteiger partial charge on any atom is -0.329 e. The molecule has 0 atom stereocenters. The first-order valence-corrected chi connectivity index (χ1v) is 7.59. The summed E-state index contributed by atoms with van der Waals surface area (Å²) in [5, 5.41) is 3.95. The molecule has 108 valence electrons. The molecule has 0 unspecified atom stereocenters. The Kier molecular flexibility index (Phi) is 4.05. The van der Waals surface area contributed by atoms with Gasteiger partial charge >= 0.3 is 0 Å². The van der Waals surface area contributed by atoms with Gasteiger partial charge in [-0.2, -0.15) is 5.10 Å². The van der Waals surface area contributed by atoms with E-state index in [4.69, 9.17) is 5.73 Å². The lowest BCUT2D eigenvalue weighted by Crippen LogP contribution is -2.14. The van der Waals surface area contributed by atoms with E-state index >= 15 is 0 Å². The summed E-state index contributed by atoms with van der Waals surface area (Å²) >= 11 is 0. The van der Waals surface area contributed by atoms with Crippen molar-refractivity contribution >= 4 is 15.8 Å². The van der Waals surface area contributed by atoms with Gasteiger partial charge in [-0.05, 0) is 31.5 Å². The quantitative estimate of drug-likeness (QED) is 0.843. The first-order valence-electron chi connectivity index (χ1n) is 6.11. The van der Waals surface area contributed by atoms with Crippen LogP contribution in [-0.4, -0.2) is 29.7 Å². The molecule has 2 aromatic heterocycles. The number of sulfonamides is 1. The molecule has 0 aliphatic heterocycles. The zero-order chi connectivity index (χ0) is 14.8. The van der Waals surface area contributed by atoms with E-state index < -0.39 is 10.0 Å². The van der Waals surface area contributed by atoms with Gasteiger partial charge in [0.25, 0.3) is 10.0 Å². The van der Waals surface area contributed by atoms with E-state index in [2.05, 4.69) is 14.8 Å². The smallest absolute Gasteiger partial charge is 0.266 e. The zero-order valence-corrected chi connectivity index (χ0v) is 12.2. The van der Waals surface area contributed by atoms with Gasteiger partial charge in [0.15, 0.2) is 0 Å². The largest absolute Gasteiger partial charge is 0.329 e. The molecule has 0 aliphatic carbocycles. The highest BCUT2D eigenvalue weighted by atomic mass is 32.2. The highest BCUT2D eigenvalue weighted by molar-refractivity contribution is 7.92. The normalized spacial score (nSPS) is 11.6. The second-order valence-corrected chi connectivity index (χ2v) is 6.19. The third kappa shape index (κ3) is 3.34. The Morgan fingerprint density at radius 3 is 2.75 bits per heavy atom. The SMILES string of the molecule is Cc1cc(C)nc(NS(=O)(=O)c2cnn(CCN)c2)c1. The van der Waals surface area contributed by atoms with Crippen LogP contribution in [0.4, 0.5) is 5.82 Å². The number of hydrogen-bond acceptors (Lipinski definition) is 5. The van der Waals surface area contributed by atoms with Crippen molar-refractivity contribution in [1.82, 2.24) is 14.8 Å². The van der Waals surface area contributed by atoms with E-state index in [9.17, 15) is 8.42 Å². The van der Waals surface area contributed by atoms with Crippen LogP contribution in [-0.2, 0) is 16.6 Å². The van der Waals surface area contributed by atoms with Gasteiger partial charge in [-0.25, -0.2) is 13.4 Å². The van der Waals surface area contributed by atoms with E-state index in [-0.39, 0.29) is 4.90 Å². The van der Waals surface area contributed by atoms with Crippen molar-refractivity contribution in [3.63, 3.8) is 0 Å². The number of pyridine rings is 1. The Hall–Kier alpha value is -1.93. The Balaban J connectivity index is 2.25.